The number of hydrogen-bond acceptors (Lipinski definition) is 3. The van der Waals surface area contributed by atoms with E-state index in [1.54, 1.807) is 7.11 Å². The van der Waals surface area contributed by atoms with Gasteiger partial charge in [0.15, 0.2) is 0 Å². The lowest BCUT2D eigenvalue weighted by Gasteiger charge is -2.14. The van der Waals surface area contributed by atoms with Crippen molar-refractivity contribution in [3.05, 3.63) is 51.5 Å². The van der Waals surface area contributed by atoms with Crippen LogP contribution < -0.4 is 15.8 Å². The SMILES string of the molecule is COc1cc(C)c(CNc2ccc(Br)cc2N)cc1C. The normalized spacial score (nSPS) is 10.4. The first-order chi connectivity index (χ1) is 9.51. The molecule has 0 amide bonds. The average Bonchev–Trinajstić information content (AvgIpc) is 2.41. The third-order valence-corrected chi connectivity index (χ3v) is 3.83. The van der Waals surface area contributed by atoms with Crippen molar-refractivity contribution in [2.24, 2.45) is 0 Å². The van der Waals surface area contributed by atoms with E-state index in [9.17, 15) is 0 Å². The number of benzene rings is 2. The molecule has 2 aromatic rings. The fraction of sp³-hybridized carbons (Fsp3) is 0.250. The lowest BCUT2D eigenvalue weighted by atomic mass is 10.0. The van der Waals surface area contributed by atoms with E-state index >= 15 is 0 Å². The summed E-state index contributed by atoms with van der Waals surface area (Å²) in [7, 11) is 1.70. The molecule has 0 aliphatic heterocycles. The van der Waals surface area contributed by atoms with Crippen molar-refractivity contribution in [1.82, 2.24) is 0 Å². The number of halogens is 1. The summed E-state index contributed by atoms with van der Waals surface area (Å²) in [6.45, 7) is 4.88. The highest BCUT2D eigenvalue weighted by Crippen LogP contribution is 2.26. The smallest absolute Gasteiger partial charge is 0.122 e. The van der Waals surface area contributed by atoms with Crippen molar-refractivity contribution in [3.8, 4) is 5.75 Å². The van der Waals surface area contributed by atoms with Gasteiger partial charge in [0.25, 0.3) is 0 Å². The van der Waals surface area contributed by atoms with E-state index in [0.29, 0.717) is 0 Å². The maximum Gasteiger partial charge on any atom is 0.122 e. The lowest BCUT2D eigenvalue weighted by Crippen LogP contribution is -2.04. The summed E-state index contributed by atoms with van der Waals surface area (Å²) in [5.41, 5.74) is 11.3. The number of nitrogens with one attached hydrogen (secondary N) is 1. The van der Waals surface area contributed by atoms with Gasteiger partial charge in [-0.05, 0) is 54.8 Å². The molecular formula is C16H19BrN2O. The summed E-state index contributed by atoms with van der Waals surface area (Å²) in [5.74, 6) is 0.925. The third-order valence-electron chi connectivity index (χ3n) is 3.34. The molecule has 0 aromatic heterocycles. The number of nitrogens with two attached hydrogens (primary N) is 1. The van der Waals surface area contributed by atoms with Crippen LogP contribution in [0.1, 0.15) is 16.7 Å². The Morgan fingerprint density at radius 3 is 2.55 bits per heavy atom. The van der Waals surface area contributed by atoms with Crippen LogP contribution in [0.4, 0.5) is 11.4 Å². The van der Waals surface area contributed by atoms with Crippen molar-refractivity contribution >= 4 is 27.3 Å². The number of ether oxygens (including phenoxy) is 1. The first kappa shape index (κ1) is 14.7. The van der Waals surface area contributed by atoms with Crippen molar-refractivity contribution in [2.45, 2.75) is 20.4 Å². The molecule has 3 N–H and O–H groups in total. The molecule has 0 aliphatic rings. The van der Waals surface area contributed by atoms with Gasteiger partial charge in [-0.2, -0.15) is 0 Å². The highest BCUT2D eigenvalue weighted by molar-refractivity contribution is 9.10. The second-order valence-electron chi connectivity index (χ2n) is 4.83. The van der Waals surface area contributed by atoms with Gasteiger partial charge in [0.05, 0.1) is 18.5 Å². The van der Waals surface area contributed by atoms with Crippen molar-refractivity contribution in [1.29, 1.82) is 0 Å². The van der Waals surface area contributed by atoms with Gasteiger partial charge in [-0.25, -0.2) is 0 Å². The van der Waals surface area contributed by atoms with Crippen LogP contribution in [0.2, 0.25) is 0 Å². The second kappa shape index (κ2) is 6.18. The summed E-state index contributed by atoms with van der Waals surface area (Å²) in [6.07, 6.45) is 0. The Bertz CT molecular complexity index is 626. The van der Waals surface area contributed by atoms with E-state index in [0.717, 1.165) is 33.7 Å². The minimum Gasteiger partial charge on any atom is -0.496 e. The molecule has 0 spiro atoms. The van der Waals surface area contributed by atoms with Gasteiger partial charge in [0, 0.05) is 11.0 Å². The minimum absolute atomic E-state index is 0.738. The molecule has 0 bridgehead atoms. The molecule has 0 atom stereocenters. The lowest BCUT2D eigenvalue weighted by molar-refractivity contribution is 0.411. The Hall–Kier alpha value is -1.68. The predicted octanol–water partition coefficient (Wildman–Crippen LogP) is 4.27. The molecule has 0 saturated carbocycles. The molecule has 0 unspecified atom stereocenters. The van der Waals surface area contributed by atoms with Gasteiger partial charge in [0.2, 0.25) is 0 Å². The van der Waals surface area contributed by atoms with Crippen LogP contribution in [0.15, 0.2) is 34.8 Å². The Labute approximate surface area is 128 Å². The molecule has 0 radical (unpaired) electrons. The number of aryl methyl sites for hydroxylation is 2. The molecule has 4 heteroatoms. The average molecular weight is 335 g/mol. The van der Waals surface area contributed by atoms with Crippen LogP contribution >= 0.6 is 15.9 Å². The maximum absolute atomic E-state index is 5.99. The number of anilines is 2. The van der Waals surface area contributed by atoms with Gasteiger partial charge in [-0.3, -0.25) is 0 Å². The molecule has 3 nitrogen and oxygen atoms in total. The van der Waals surface area contributed by atoms with Crippen LogP contribution in [0, 0.1) is 13.8 Å². The summed E-state index contributed by atoms with van der Waals surface area (Å²) < 4.78 is 6.31. The Kier molecular flexibility index (Phi) is 4.55. The molecule has 0 saturated heterocycles. The van der Waals surface area contributed by atoms with Crippen molar-refractivity contribution in [3.63, 3.8) is 0 Å². The van der Waals surface area contributed by atoms with E-state index in [4.69, 9.17) is 10.5 Å². The molecular weight excluding hydrogens is 316 g/mol. The standard InChI is InChI=1S/C16H19BrN2O/c1-10-7-16(20-3)11(2)6-12(10)9-19-15-5-4-13(17)8-14(15)18/h4-8,19H,9,18H2,1-3H3. The highest BCUT2D eigenvalue weighted by Gasteiger charge is 2.06. The zero-order valence-corrected chi connectivity index (χ0v) is 13.5. The number of hydrogen-bond donors (Lipinski definition) is 2. The van der Waals surface area contributed by atoms with Crippen LogP contribution in [0.3, 0.4) is 0 Å². The molecule has 20 heavy (non-hydrogen) atoms. The molecule has 106 valence electrons. The fourth-order valence-electron chi connectivity index (χ4n) is 2.14. The van der Waals surface area contributed by atoms with E-state index in [-0.39, 0.29) is 0 Å². The molecule has 2 aromatic carbocycles. The van der Waals surface area contributed by atoms with Crippen molar-refractivity contribution in [2.75, 3.05) is 18.2 Å². The van der Waals surface area contributed by atoms with Crippen molar-refractivity contribution < 1.29 is 4.74 Å². The summed E-state index contributed by atoms with van der Waals surface area (Å²) in [5, 5.41) is 3.38. The second-order valence-corrected chi connectivity index (χ2v) is 5.75. The van der Waals surface area contributed by atoms with Crippen LogP contribution in [0.25, 0.3) is 0 Å². The predicted molar refractivity (Wildman–Crippen MR) is 88.3 cm³/mol. The largest absolute Gasteiger partial charge is 0.496 e. The van der Waals surface area contributed by atoms with Crippen LogP contribution in [0.5, 0.6) is 5.75 Å². The highest BCUT2D eigenvalue weighted by atomic mass is 79.9. The number of methoxy groups -OCH3 is 1. The van der Waals surface area contributed by atoms with E-state index in [1.165, 1.54) is 11.1 Å². The topological polar surface area (TPSA) is 47.3 Å². The summed E-state index contributed by atoms with van der Waals surface area (Å²) in [6, 6.07) is 10.1. The van der Waals surface area contributed by atoms with Crippen LogP contribution in [-0.4, -0.2) is 7.11 Å². The number of nitrogen functional groups attached to an aromatic ring is 1. The molecule has 0 aliphatic carbocycles. The Balaban J connectivity index is 2.16. The van der Waals surface area contributed by atoms with Crippen LogP contribution in [-0.2, 0) is 6.54 Å². The Morgan fingerprint density at radius 1 is 1.15 bits per heavy atom. The monoisotopic (exact) mass is 334 g/mol. The third kappa shape index (κ3) is 3.25. The van der Waals surface area contributed by atoms with Gasteiger partial charge in [-0.15, -0.1) is 0 Å². The van der Waals surface area contributed by atoms with E-state index < -0.39 is 0 Å². The zero-order chi connectivity index (χ0) is 14.7. The first-order valence-corrected chi connectivity index (χ1v) is 7.23. The van der Waals surface area contributed by atoms with E-state index in [2.05, 4.69) is 47.2 Å². The summed E-state index contributed by atoms with van der Waals surface area (Å²) >= 11 is 3.41. The fourth-order valence-corrected chi connectivity index (χ4v) is 2.52. The van der Waals surface area contributed by atoms with Gasteiger partial charge >= 0.3 is 0 Å². The number of rotatable bonds is 4. The van der Waals surface area contributed by atoms with E-state index in [1.807, 2.05) is 18.2 Å². The minimum atomic E-state index is 0.738. The first-order valence-electron chi connectivity index (χ1n) is 6.44. The van der Waals surface area contributed by atoms with Gasteiger partial charge < -0.3 is 15.8 Å². The maximum atomic E-state index is 5.99. The Morgan fingerprint density at radius 2 is 1.90 bits per heavy atom. The molecule has 0 fully saturated rings. The molecule has 0 heterocycles. The van der Waals surface area contributed by atoms with Gasteiger partial charge in [-0.1, -0.05) is 22.0 Å². The summed E-state index contributed by atoms with van der Waals surface area (Å²) in [4.78, 5) is 0. The quantitative estimate of drug-likeness (QED) is 0.821. The zero-order valence-electron chi connectivity index (χ0n) is 12.0. The van der Waals surface area contributed by atoms with Gasteiger partial charge in [0.1, 0.15) is 5.75 Å². The molecule has 2 rings (SSSR count).